The first kappa shape index (κ1) is 22.3. The van der Waals surface area contributed by atoms with Crippen LogP contribution in [0.2, 0.25) is 0 Å². The van der Waals surface area contributed by atoms with Gasteiger partial charge in [0.2, 0.25) is 0 Å². The Bertz CT molecular complexity index is 1180. The first-order valence-electron chi connectivity index (χ1n) is 10.4. The minimum absolute atomic E-state index is 0.136. The number of furan rings is 1. The molecule has 166 valence electrons. The largest absolute Gasteiger partial charge is 0.493 e. The Balaban J connectivity index is 1.34. The Kier molecular flexibility index (Phi) is 7.39. The van der Waals surface area contributed by atoms with Gasteiger partial charge in [-0.05, 0) is 61.9 Å². The molecule has 0 radical (unpaired) electrons. The van der Waals surface area contributed by atoms with Crippen molar-refractivity contribution in [2.75, 3.05) is 13.2 Å². The van der Waals surface area contributed by atoms with Crippen molar-refractivity contribution in [1.29, 1.82) is 0 Å². The summed E-state index contributed by atoms with van der Waals surface area (Å²) in [5.74, 6) is 1.19. The predicted octanol–water partition coefficient (Wildman–Crippen LogP) is 6.18. The summed E-state index contributed by atoms with van der Waals surface area (Å²) >= 11 is 3.25. The zero-order valence-corrected chi connectivity index (χ0v) is 19.3. The molecular weight excluding hydrogens is 475 g/mol. The zero-order valence-electron chi connectivity index (χ0n) is 17.7. The quantitative estimate of drug-likeness (QED) is 0.264. The van der Waals surface area contributed by atoms with Crippen molar-refractivity contribution < 1.29 is 18.3 Å². The molecule has 0 bridgehead atoms. The number of halogens is 2. The van der Waals surface area contributed by atoms with Gasteiger partial charge < -0.3 is 19.2 Å². The fourth-order valence-electron chi connectivity index (χ4n) is 3.42. The molecule has 0 fully saturated rings. The molecule has 0 aliphatic heterocycles. The molecule has 2 heterocycles. The van der Waals surface area contributed by atoms with Crippen LogP contribution in [0.5, 0.6) is 11.5 Å². The maximum absolute atomic E-state index is 14.0. The summed E-state index contributed by atoms with van der Waals surface area (Å²) in [7, 11) is 0. The van der Waals surface area contributed by atoms with Gasteiger partial charge in [0.1, 0.15) is 23.7 Å². The summed E-state index contributed by atoms with van der Waals surface area (Å²) in [6.45, 7) is 4.31. The molecular formula is C25H24BrFN2O3. The number of aryl methyl sites for hydroxylation is 1. The first-order chi connectivity index (χ1) is 15.6. The van der Waals surface area contributed by atoms with E-state index in [9.17, 15) is 4.39 Å². The van der Waals surface area contributed by atoms with Gasteiger partial charge in [0.05, 0.1) is 12.0 Å². The monoisotopic (exact) mass is 498 g/mol. The van der Waals surface area contributed by atoms with E-state index >= 15 is 0 Å². The molecule has 2 aromatic heterocycles. The van der Waals surface area contributed by atoms with E-state index < -0.39 is 5.82 Å². The average Bonchev–Trinajstić information content (AvgIpc) is 3.12. The van der Waals surface area contributed by atoms with Crippen molar-refractivity contribution in [3.8, 4) is 11.5 Å². The van der Waals surface area contributed by atoms with Crippen molar-refractivity contribution in [3.05, 3.63) is 88.1 Å². The number of pyridine rings is 1. The molecule has 0 atom stereocenters. The number of ether oxygens (including phenoxy) is 2. The van der Waals surface area contributed by atoms with Crippen molar-refractivity contribution in [1.82, 2.24) is 10.3 Å². The maximum atomic E-state index is 14.0. The molecule has 0 spiro atoms. The first-order valence-corrected chi connectivity index (χ1v) is 11.2. The number of fused-ring (bicyclic) bond motifs is 1. The van der Waals surface area contributed by atoms with E-state index in [1.54, 1.807) is 18.3 Å². The second-order valence-electron chi connectivity index (χ2n) is 7.38. The Morgan fingerprint density at radius 2 is 2.00 bits per heavy atom. The number of rotatable bonds is 10. The highest BCUT2D eigenvalue weighted by Crippen LogP contribution is 2.34. The lowest BCUT2D eigenvalue weighted by molar-refractivity contribution is 0.261. The van der Waals surface area contributed by atoms with E-state index in [1.165, 1.54) is 6.07 Å². The SMILES string of the molecule is Cc1c(COc2ccc(Br)cc2F)oc2cccc(OCCCNCc3cccnc3)c12. The van der Waals surface area contributed by atoms with Gasteiger partial charge >= 0.3 is 0 Å². The van der Waals surface area contributed by atoms with Crippen LogP contribution >= 0.6 is 15.9 Å². The lowest BCUT2D eigenvalue weighted by Gasteiger charge is -2.09. The molecule has 4 rings (SSSR count). The smallest absolute Gasteiger partial charge is 0.166 e. The average molecular weight is 499 g/mol. The van der Waals surface area contributed by atoms with Crippen molar-refractivity contribution in [3.63, 3.8) is 0 Å². The summed E-state index contributed by atoms with van der Waals surface area (Å²) in [6, 6.07) is 14.4. The van der Waals surface area contributed by atoms with Crippen LogP contribution in [-0.2, 0) is 13.2 Å². The fourth-order valence-corrected chi connectivity index (χ4v) is 3.76. The third kappa shape index (κ3) is 5.47. The van der Waals surface area contributed by atoms with Crippen LogP contribution in [0.1, 0.15) is 23.3 Å². The molecule has 0 aliphatic carbocycles. The van der Waals surface area contributed by atoms with Gasteiger partial charge in [-0.3, -0.25) is 4.98 Å². The Hall–Kier alpha value is -2.90. The van der Waals surface area contributed by atoms with Gasteiger partial charge in [0.25, 0.3) is 0 Å². The predicted molar refractivity (Wildman–Crippen MR) is 125 cm³/mol. The molecule has 1 N–H and O–H groups in total. The molecule has 7 heteroatoms. The highest BCUT2D eigenvalue weighted by Gasteiger charge is 2.16. The van der Waals surface area contributed by atoms with Crippen LogP contribution in [-0.4, -0.2) is 18.1 Å². The zero-order chi connectivity index (χ0) is 22.3. The second kappa shape index (κ2) is 10.6. The van der Waals surface area contributed by atoms with Crippen LogP contribution in [0.25, 0.3) is 11.0 Å². The second-order valence-corrected chi connectivity index (χ2v) is 8.30. The van der Waals surface area contributed by atoms with Gasteiger partial charge in [-0.1, -0.05) is 28.1 Å². The van der Waals surface area contributed by atoms with Crippen LogP contribution in [0, 0.1) is 12.7 Å². The number of hydrogen-bond donors (Lipinski definition) is 1. The topological polar surface area (TPSA) is 56.5 Å². The normalized spacial score (nSPS) is 11.1. The number of nitrogens with one attached hydrogen (secondary N) is 1. The number of aromatic nitrogens is 1. The minimum Gasteiger partial charge on any atom is -0.493 e. The van der Waals surface area contributed by atoms with Gasteiger partial charge in [-0.2, -0.15) is 0 Å². The summed E-state index contributed by atoms with van der Waals surface area (Å²) in [5.41, 5.74) is 2.82. The Morgan fingerprint density at radius 1 is 1.09 bits per heavy atom. The van der Waals surface area contributed by atoms with E-state index in [1.807, 2.05) is 43.5 Å². The van der Waals surface area contributed by atoms with Crippen molar-refractivity contribution >= 4 is 26.9 Å². The third-order valence-corrected chi connectivity index (χ3v) is 5.57. The standard InChI is InChI=1S/C25H24BrFN2O3/c1-17-24(16-31-21-9-8-19(26)13-20(21)27)32-23-7-2-6-22(25(17)23)30-12-4-11-29-15-18-5-3-10-28-14-18/h2-3,5-10,13-14,29H,4,11-12,15-16H2,1H3. The number of benzene rings is 2. The molecule has 0 saturated carbocycles. The van der Waals surface area contributed by atoms with Crippen LogP contribution in [0.3, 0.4) is 0 Å². The van der Waals surface area contributed by atoms with Crippen molar-refractivity contribution in [2.45, 2.75) is 26.5 Å². The molecule has 32 heavy (non-hydrogen) atoms. The van der Waals surface area contributed by atoms with Gasteiger partial charge in [0, 0.05) is 29.0 Å². The molecule has 5 nitrogen and oxygen atoms in total. The van der Waals surface area contributed by atoms with Crippen LogP contribution in [0.4, 0.5) is 4.39 Å². The van der Waals surface area contributed by atoms with Crippen molar-refractivity contribution in [2.24, 2.45) is 0 Å². The molecule has 4 aromatic rings. The van der Waals surface area contributed by atoms with E-state index in [4.69, 9.17) is 13.9 Å². The lowest BCUT2D eigenvalue weighted by Crippen LogP contribution is -2.17. The third-order valence-electron chi connectivity index (χ3n) is 5.07. The minimum atomic E-state index is -0.422. The van der Waals surface area contributed by atoms with E-state index in [0.29, 0.717) is 16.8 Å². The van der Waals surface area contributed by atoms with Crippen LogP contribution < -0.4 is 14.8 Å². The maximum Gasteiger partial charge on any atom is 0.166 e. The molecule has 0 amide bonds. The van der Waals surface area contributed by atoms with Crippen LogP contribution in [0.15, 0.2) is 69.8 Å². The molecule has 0 saturated heterocycles. The summed E-state index contributed by atoms with van der Waals surface area (Å²) in [6.07, 6.45) is 4.50. The van der Waals surface area contributed by atoms with E-state index in [-0.39, 0.29) is 12.4 Å². The molecule has 2 aromatic carbocycles. The highest BCUT2D eigenvalue weighted by atomic mass is 79.9. The lowest BCUT2D eigenvalue weighted by atomic mass is 10.1. The van der Waals surface area contributed by atoms with Gasteiger partial charge in [0.15, 0.2) is 11.6 Å². The summed E-state index contributed by atoms with van der Waals surface area (Å²) in [5, 5.41) is 4.31. The van der Waals surface area contributed by atoms with Gasteiger partial charge in [-0.25, -0.2) is 4.39 Å². The highest BCUT2D eigenvalue weighted by molar-refractivity contribution is 9.10. The summed E-state index contributed by atoms with van der Waals surface area (Å²) in [4.78, 5) is 4.11. The summed E-state index contributed by atoms with van der Waals surface area (Å²) < 4.78 is 32.3. The number of nitrogens with zero attached hydrogens (tertiary/aromatic N) is 1. The van der Waals surface area contributed by atoms with E-state index in [0.717, 1.165) is 47.4 Å². The van der Waals surface area contributed by atoms with Gasteiger partial charge in [-0.15, -0.1) is 0 Å². The Morgan fingerprint density at radius 3 is 2.81 bits per heavy atom. The molecule has 0 unspecified atom stereocenters. The number of hydrogen-bond acceptors (Lipinski definition) is 5. The van der Waals surface area contributed by atoms with E-state index in [2.05, 4.69) is 26.2 Å². The Labute approximate surface area is 194 Å². The fraction of sp³-hybridized carbons (Fsp3) is 0.240. The molecule has 0 aliphatic rings.